The Morgan fingerprint density at radius 2 is 1.34 bits per heavy atom. The van der Waals surface area contributed by atoms with Gasteiger partial charge in [0.25, 0.3) is 0 Å². The summed E-state index contributed by atoms with van der Waals surface area (Å²) in [5.74, 6) is 0. The van der Waals surface area contributed by atoms with E-state index in [-0.39, 0.29) is 12.1 Å². The number of benzene rings is 3. The van der Waals surface area contributed by atoms with Crippen LogP contribution in [0.3, 0.4) is 0 Å². The standard InChI is InChI=1S/C27H30N4S/c1-3-23(4-2)29-25(21-11-7-5-8-12-21)26(22-13-9-6-10-14-22)31-27(32)30-24-17-15-20(19-28)16-18-24/h5-18,23,25-26,29H,3-4H2,1-2H3,(H2,30,31,32)/t25-,26-/m1/s1. The molecule has 0 radical (unpaired) electrons. The van der Waals surface area contributed by atoms with Gasteiger partial charge in [0.05, 0.1) is 23.7 Å². The van der Waals surface area contributed by atoms with Crippen LogP contribution in [0.25, 0.3) is 0 Å². The maximum Gasteiger partial charge on any atom is 0.171 e. The summed E-state index contributed by atoms with van der Waals surface area (Å²) in [6.07, 6.45) is 2.10. The highest BCUT2D eigenvalue weighted by molar-refractivity contribution is 7.80. The van der Waals surface area contributed by atoms with Crippen LogP contribution in [-0.2, 0) is 0 Å². The lowest BCUT2D eigenvalue weighted by Gasteiger charge is -2.33. The number of rotatable bonds is 9. The van der Waals surface area contributed by atoms with Crippen LogP contribution in [-0.4, -0.2) is 11.2 Å². The van der Waals surface area contributed by atoms with E-state index in [1.165, 1.54) is 5.56 Å². The third-order valence-electron chi connectivity index (χ3n) is 5.61. The highest BCUT2D eigenvalue weighted by atomic mass is 32.1. The van der Waals surface area contributed by atoms with Gasteiger partial charge in [-0.1, -0.05) is 74.5 Å². The van der Waals surface area contributed by atoms with Crippen LogP contribution >= 0.6 is 12.2 Å². The molecule has 4 nitrogen and oxygen atoms in total. The molecule has 0 saturated heterocycles. The number of hydrogen-bond donors (Lipinski definition) is 3. The van der Waals surface area contributed by atoms with Crippen molar-refractivity contribution in [3.63, 3.8) is 0 Å². The fourth-order valence-corrected chi connectivity index (χ4v) is 4.02. The van der Waals surface area contributed by atoms with E-state index in [2.05, 4.69) is 84.4 Å². The molecule has 0 aliphatic carbocycles. The minimum atomic E-state index is -0.0717. The zero-order valence-electron chi connectivity index (χ0n) is 18.6. The van der Waals surface area contributed by atoms with Crippen molar-refractivity contribution in [1.29, 1.82) is 5.26 Å². The van der Waals surface area contributed by atoms with Crippen molar-refractivity contribution in [3.05, 3.63) is 102 Å². The van der Waals surface area contributed by atoms with E-state index >= 15 is 0 Å². The van der Waals surface area contributed by atoms with Gasteiger partial charge in [0.15, 0.2) is 5.11 Å². The Kier molecular flexibility index (Phi) is 8.79. The van der Waals surface area contributed by atoms with Crippen LogP contribution in [0.15, 0.2) is 84.9 Å². The van der Waals surface area contributed by atoms with Gasteiger partial charge in [0.2, 0.25) is 0 Å². The average molecular weight is 443 g/mol. The van der Waals surface area contributed by atoms with Crippen LogP contribution in [0.2, 0.25) is 0 Å². The zero-order chi connectivity index (χ0) is 22.8. The molecule has 0 amide bonds. The van der Waals surface area contributed by atoms with Gasteiger partial charge in [-0.2, -0.15) is 5.26 Å². The minimum Gasteiger partial charge on any atom is -0.354 e. The van der Waals surface area contributed by atoms with Gasteiger partial charge in [-0.05, 0) is 60.5 Å². The average Bonchev–Trinajstić information content (AvgIpc) is 2.85. The van der Waals surface area contributed by atoms with E-state index in [1.54, 1.807) is 12.1 Å². The third-order valence-corrected chi connectivity index (χ3v) is 5.83. The molecular weight excluding hydrogens is 412 g/mol. The van der Waals surface area contributed by atoms with Crippen LogP contribution in [0, 0.1) is 11.3 Å². The first-order valence-electron chi connectivity index (χ1n) is 11.1. The van der Waals surface area contributed by atoms with Gasteiger partial charge in [0, 0.05) is 11.7 Å². The minimum absolute atomic E-state index is 0.0317. The molecule has 2 atom stereocenters. The number of hydrogen-bond acceptors (Lipinski definition) is 3. The molecule has 0 heterocycles. The predicted octanol–water partition coefficient (Wildman–Crippen LogP) is 6.11. The SMILES string of the molecule is CCC(CC)N[C@H](c1ccccc1)[C@H](NC(=S)Nc1ccc(C#N)cc1)c1ccccc1. The molecule has 3 N–H and O–H groups in total. The summed E-state index contributed by atoms with van der Waals surface area (Å²) in [6.45, 7) is 4.43. The van der Waals surface area contributed by atoms with Crippen molar-refractivity contribution >= 4 is 23.0 Å². The van der Waals surface area contributed by atoms with Crippen molar-refractivity contribution in [3.8, 4) is 6.07 Å². The monoisotopic (exact) mass is 442 g/mol. The highest BCUT2D eigenvalue weighted by Gasteiger charge is 2.27. The van der Waals surface area contributed by atoms with Gasteiger partial charge in [-0.15, -0.1) is 0 Å². The second-order valence-corrected chi connectivity index (χ2v) is 8.15. The molecular formula is C27H30N4S. The summed E-state index contributed by atoms with van der Waals surface area (Å²) in [5, 5.41) is 20.2. The van der Waals surface area contributed by atoms with Crippen molar-refractivity contribution in [2.45, 2.75) is 44.8 Å². The van der Waals surface area contributed by atoms with Crippen LogP contribution in [0.5, 0.6) is 0 Å². The number of nitrogens with zero attached hydrogens (tertiary/aromatic N) is 1. The van der Waals surface area contributed by atoms with E-state index in [9.17, 15) is 0 Å². The normalized spacial score (nSPS) is 12.6. The highest BCUT2D eigenvalue weighted by Crippen LogP contribution is 2.30. The number of nitrogens with one attached hydrogen (secondary N) is 3. The van der Waals surface area contributed by atoms with Gasteiger partial charge in [-0.3, -0.25) is 0 Å². The number of nitriles is 1. The Morgan fingerprint density at radius 3 is 1.84 bits per heavy atom. The second-order valence-electron chi connectivity index (χ2n) is 7.74. The van der Waals surface area contributed by atoms with Gasteiger partial charge in [0.1, 0.15) is 0 Å². The van der Waals surface area contributed by atoms with E-state index in [0.29, 0.717) is 16.7 Å². The van der Waals surface area contributed by atoms with Crippen molar-refractivity contribution < 1.29 is 0 Å². The second kappa shape index (κ2) is 12.0. The van der Waals surface area contributed by atoms with Gasteiger partial charge in [-0.25, -0.2) is 0 Å². The van der Waals surface area contributed by atoms with Crippen LogP contribution in [0.1, 0.15) is 55.5 Å². The molecule has 0 spiro atoms. The molecule has 0 fully saturated rings. The first-order chi connectivity index (χ1) is 15.6. The summed E-state index contributed by atoms with van der Waals surface area (Å²) in [6, 6.07) is 30.7. The largest absolute Gasteiger partial charge is 0.354 e. The quantitative estimate of drug-likeness (QED) is 0.349. The Morgan fingerprint density at radius 1 is 0.812 bits per heavy atom. The van der Waals surface area contributed by atoms with Crippen molar-refractivity contribution in [2.24, 2.45) is 0 Å². The van der Waals surface area contributed by atoms with Gasteiger partial charge < -0.3 is 16.0 Å². The first-order valence-corrected chi connectivity index (χ1v) is 11.5. The summed E-state index contributed by atoms with van der Waals surface area (Å²) in [7, 11) is 0. The zero-order valence-corrected chi connectivity index (χ0v) is 19.4. The van der Waals surface area contributed by atoms with Gasteiger partial charge >= 0.3 is 0 Å². The van der Waals surface area contributed by atoms with Crippen molar-refractivity contribution in [1.82, 2.24) is 10.6 Å². The summed E-state index contributed by atoms with van der Waals surface area (Å²) in [4.78, 5) is 0. The molecule has 0 aliphatic rings. The van der Waals surface area contributed by atoms with E-state index < -0.39 is 0 Å². The lowest BCUT2D eigenvalue weighted by atomic mass is 9.92. The maximum absolute atomic E-state index is 9.02. The lowest BCUT2D eigenvalue weighted by Crippen LogP contribution is -2.43. The fraction of sp³-hybridized carbons (Fsp3) is 0.259. The molecule has 0 bridgehead atoms. The Balaban J connectivity index is 1.90. The van der Waals surface area contributed by atoms with Crippen molar-refractivity contribution in [2.75, 3.05) is 5.32 Å². The molecule has 5 heteroatoms. The maximum atomic E-state index is 9.02. The Hall–Kier alpha value is -3.20. The summed E-state index contributed by atoms with van der Waals surface area (Å²) < 4.78 is 0. The fourth-order valence-electron chi connectivity index (χ4n) is 3.78. The molecule has 0 unspecified atom stereocenters. The summed E-state index contributed by atoms with van der Waals surface area (Å²) >= 11 is 5.70. The van der Waals surface area contributed by atoms with E-state index in [4.69, 9.17) is 17.5 Å². The van der Waals surface area contributed by atoms with E-state index in [0.717, 1.165) is 24.1 Å². The molecule has 0 aliphatic heterocycles. The molecule has 0 aromatic heterocycles. The molecule has 3 rings (SSSR count). The van der Waals surface area contributed by atoms with Crippen LogP contribution < -0.4 is 16.0 Å². The molecule has 3 aromatic carbocycles. The number of thiocarbonyl (C=S) groups is 1. The lowest BCUT2D eigenvalue weighted by molar-refractivity contribution is 0.357. The third kappa shape index (κ3) is 6.40. The molecule has 3 aromatic rings. The number of anilines is 1. The Labute approximate surface area is 196 Å². The molecule has 32 heavy (non-hydrogen) atoms. The Bertz CT molecular complexity index is 1010. The van der Waals surface area contributed by atoms with E-state index in [1.807, 2.05) is 24.3 Å². The first kappa shape index (κ1) is 23.5. The molecule has 0 saturated carbocycles. The smallest absolute Gasteiger partial charge is 0.171 e. The molecule has 164 valence electrons. The predicted molar refractivity (Wildman–Crippen MR) is 136 cm³/mol. The van der Waals surface area contributed by atoms with Crippen LogP contribution in [0.4, 0.5) is 5.69 Å². The summed E-state index contributed by atoms with van der Waals surface area (Å²) in [5.41, 5.74) is 3.83. The topological polar surface area (TPSA) is 59.9 Å².